The smallest absolute Gasteiger partial charge is 0.329 e. The quantitative estimate of drug-likeness (QED) is 0.848. The minimum atomic E-state index is -1.11. The van der Waals surface area contributed by atoms with Gasteiger partial charge in [-0.05, 0) is 44.4 Å². The number of hydrogen-bond acceptors (Lipinski definition) is 3. The molecule has 0 aromatic carbocycles. The molecule has 1 aliphatic rings. The average Bonchev–Trinajstić information content (AvgIpc) is 2.89. The van der Waals surface area contributed by atoms with E-state index >= 15 is 0 Å². The molecule has 5 heteroatoms. The molecular weight excluding hydrogens is 246 g/mol. The molecule has 2 heterocycles. The number of carboxylic acids is 1. The van der Waals surface area contributed by atoms with Crippen LogP contribution in [0.1, 0.15) is 31.9 Å². The highest BCUT2D eigenvalue weighted by Crippen LogP contribution is 2.28. The molecule has 1 aliphatic heterocycles. The van der Waals surface area contributed by atoms with E-state index in [0.29, 0.717) is 18.7 Å². The Bertz CT molecular complexity index is 492. The molecule has 1 unspecified atom stereocenters. The number of carbonyl (C=O) groups is 2. The summed E-state index contributed by atoms with van der Waals surface area (Å²) >= 11 is 0. The summed E-state index contributed by atoms with van der Waals surface area (Å²) < 4.78 is 5.10. The molecule has 2 rings (SSSR count). The summed E-state index contributed by atoms with van der Waals surface area (Å²) in [6.45, 7) is 2.08. The molecule has 1 fully saturated rings. The Hall–Kier alpha value is -2.04. The van der Waals surface area contributed by atoms with Crippen LogP contribution in [0.15, 0.2) is 28.9 Å². The molecule has 1 aromatic heterocycles. The highest BCUT2D eigenvalue weighted by Gasteiger charge is 2.43. The van der Waals surface area contributed by atoms with Crippen molar-refractivity contribution in [2.24, 2.45) is 0 Å². The van der Waals surface area contributed by atoms with Crippen LogP contribution in [0, 0.1) is 0 Å². The Morgan fingerprint density at radius 1 is 1.47 bits per heavy atom. The van der Waals surface area contributed by atoms with Crippen LogP contribution in [0.4, 0.5) is 0 Å². The first-order chi connectivity index (χ1) is 9.04. The summed E-state index contributed by atoms with van der Waals surface area (Å²) in [5.41, 5.74) is -1.11. The van der Waals surface area contributed by atoms with E-state index in [9.17, 15) is 14.7 Å². The fourth-order valence-corrected chi connectivity index (χ4v) is 2.33. The van der Waals surface area contributed by atoms with Crippen molar-refractivity contribution in [3.63, 3.8) is 0 Å². The third-order valence-electron chi connectivity index (χ3n) is 3.55. The van der Waals surface area contributed by atoms with Gasteiger partial charge in [-0.2, -0.15) is 0 Å². The molecule has 1 saturated heterocycles. The van der Waals surface area contributed by atoms with Gasteiger partial charge in [0.25, 0.3) is 0 Å². The van der Waals surface area contributed by atoms with Gasteiger partial charge in [-0.15, -0.1) is 0 Å². The summed E-state index contributed by atoms with van der Waals surface area (Å²) in [6.07, 6.45) is 6.59. The zero-order valence-corrected chi connectivity index (χ0v) is 10.8. The SMILES string of the molecule is CC1(C(=O)O)CCCCN1C(=O)/C=C/c1ccco1. The van der Waals surface area contributed by atoms with E-state index in [1.807, 2.05) is 0 Å². The fourth-order valence-electron chi connectivity index (χ4n) is 2.33. The number of piperidine rings is 1. The number of carbonyl (C=O) groups excluding carboxylic acids is 1. The maximum absolute atomic E-state index is 12.1. The van der Waals surface area contributed by atoms with Crippen molar-refractivity contribution >= 4 is 18.0 Å². The van der Waals surface area contributed by atoms with Crippen molar-refractivity contribution in [3.05, 3.63) is 30.2 Å². The normalized spacial score (nSPS) is 23.7. The number of hydrogen-bond donors (Lipinski definition) is 1. The predicted octanol–water partition coefficient (Wildman–Crippen LogP) is 2.15. The van der Waals surface area contributed by atoms with Crippen LogP contribution in [0.25, 0.3) is 6.08 Å². The predicted molar refractivity (Wildman–Crippen MR) is 69.3 cm³/mol. The van der Waals surface area contributed by atoms with Gasteiger partial charge in [-0.25, -0.2) is 4.79 Å². The number of carboxylic acid groups (broad SMARTS) is 1. The van der Waals surface area contributed by atoms with Gasteiger partial charge in [-0.1, -0.05) is 0 Å². The highest BCUT2D eigenvalue weighted by atomic mass is 16.4. The van der Waals surface area contributed by atoms with Crippen molar-refractivity contribution in [1.29, 1.82) is 0 Å². The number of aliphatic carboxylic acids is 1. The molecule has 0 radical (unpaired) electrons. The van der Waals surface area contributed by atoms with Crippen molar-refractivity contribution in [2.75, 3.05) is 6.54 Å². The molecule has 1 aromatic rings. The van der Waals surface area contributed by atoms with Gasteiger partial charge in [-0.3, -0.25) is 4.79 Å². The lowest BCUT2D eigenvalue weighted by atomic mass is 9.88. The van der Waals surface area contributed by atoms with Crippen LogP contribution in [-0.4, -0.2) is 34.0 Å². The topological polar surface area (TPSA) is 70.8 Å². The molecule has 1 N–H and O–H groups in total. The summed E-state index contributed by atoms with van der Waals surface area (Å²) in [5, 5.41) is 9.33. The van der Waals surface area contributed by atoms with Crippen LogP contribution in [0.2, 0.25) is 0 Å². The molecule has 1 atom stereocenters. The Morgan fingerprint density at radius 2 is 2.26 bits per heavy atom. The minimum absolute atomic E-state index is 0.291. The third-order valence-corrected chi connectivity index (χ3v) is 3.55. The first kappa shape index (κ1) is 13.4. The summed E-state index contributed by atoms with van der Waals surface area (Å²) in [7, 11) is 0. The summed E-state index contributed by atoms with van der Waals surface area (Å²) in [5.74, 6) is -0.671. The highest BCUT2D eigenvalue weighted by molar-refractivity contribution is 5.95. The van der Waals surface area contributed by atoms with E-state index in [1.165, 1.54) is 17.2 Å². The van der Waals surface area contributed by atoms with E-state index in [-0.39, 0.29) is 5.91 Å². The number of rotatable bonds is 3. The standard InChI is InChI=1S/C14H17NO4/c1-14(13(17)18)8-2-3-9-15(14)12(16)7-6-11-5-4-10-19-11/h4-7,10H,2-3,8-9H2,1H3,(H,17,18)/b7-6+. The number of nitrogens with zero attached hydrogens (tertiary/aromatic N) is 1. The summed E-state index contributed by atoms with van der Waals surface area (Å²) in [6, 6.07) is 3.46. The van der Waals surface area contributed by atoms with Crippen LogP contribution in [0.3, 0.4) is 0 Å². The van der Waals surface area contributed by atoms with Crippen molar-refractivity contribution < 1.29 is 19.1 Å². The van der Waals surface area contributed by atoms with E-state index in [0.717, 1.165) is 12.8 Å². The third kappa shape index (κ3) is 2.70. The molecular formula is C14H17NO4. The Labute approximate surface area is 111 Å². The number of likely N-dealkylation sites (tertiary alicyclic amines) is 1. The monoisotopic (exact) mass is 263 g/mol. The average molecular weight is 263 g/mol. The Kier molecular flexibility index (Phi) is 3.74. The molecule has 0 spiro atoms. The van der Waals surface area contributed by atoms with E-state index < -0.39 is 11.5 Å². The van der Waals surface area contributed by atoms with Gasteiger partial charge >= 0.3 is 5.97 Å². The van der Waals surface area contributed by atoms with E-state index in [4.69, 9.17) is 4.42 Å². The zero-order valence-electron chi connectivity index (χ0n) is 10.8. The van der Waals surface area contributed by atoms with Crippen LogP contribution in [0.5, 0.6) is 0 Å². The second kappa shape index (κ2) is 5.30. The number of furan rings is 1. The van der Waals surface area contributed by atoms with Crippen LogP contribution in [-0.2, 0) is 9.59 Å². The molecule has 102 valence electrons. The molecule has 19 heavy (non-hydrogen) atoms. The van der Waals surface area contributed by atoms with Crippen molar-refractivity contribution in [1.82, 2.24) is 4.90 Å². The minimum Gasteiger partial charge on any atom is -0.480 e. The maximum atomic E-state index is 12.1. The second-order valence-electron chi connectivity index (χ2n) is 4.87. The first-order valence-electron chi connectivity index (χ1n) is 6.30. The molecule has 0 bridgehead atoms. The van der Waals surface area contributed by atoms with Crippen molar-refractivity contribution in [2.45, 2.75) is 31.7 Å². The summed E-state index contributed by atoms with van der Waals surface area (Å²) in [4.78, 5) is 25.0. The van der Waals surface area contributed by atoms with E-state index in [2.05, 4.69) is 0 Å². The van der Waals surface area contributed by atoms with Gasteiger partial charge in [0.2, 0.25) is 5.91 Å². The fraction of sp³-hybridized carbons (Fsp3) is 0.429. The molecule has 5 nitrogen and oxygen atoms in total. The lowest BCUT2D eigenvalue weighted by molar-refractivity contribution is -0.158. The zero-order chi connectivity index (χ0) is 13.9. The van der Waals surface area contributed by atoms with Crippen molar-refractivity contribution in [3.8, 4) is 0 Å². The lowest BCUT2D eigenvalue weighted by Gasteiger charge is -2.41. The van der Waals surface area contributed by atoms with E-state index in [1.54, 1.807) is 25.1 Å². The van der Waals surface area contributed by atoms with Gasteiger partial charge in [0.05, 0.1) is 6.26 Å². The largest absolute Gasteiger partial charge is 0.480 e. The van der Waals surface area contributed by atoms with Crippen LogP contribution < -0.4 is 0 Å². The lowest BCUT2D eigenvalue weighted by Crippen LogP contribution is -2.57. The van der Waals surface area contributed by atoms with Gasteiger partial charge in [0.1, 0.15) is 11.3 Å². The number of amides is 1. The second-order valence-corrected chi connectivity index (χ2v) is 4.87. The molecule has 1 amide bonds. The molecule has 0 aliphatic carbocycles. The van der Waals surface area contributed by atoms with Crippen LogP contribution >= 0.6 is 0 Å². The van der Waals surface area contributed by atoms with Gasteiger partial charge in [0, 0.05) is 12.6 Å². The Morgan fingerprint density at radius 3 is 2.89 bits per heavy atom. The van der Waals surface area contributed by atoms with Gasteiger partial charge in [0.15, 0.2) is 0 Å². The first-order valence-corrected chi connectivity index (χ1v) is 6.30. The Balaban J connectivity index is 2.14. The maximum Gasteiger partial charge on any atom is 0.329 e. The molecule has 0 saturated carbocycles. The van der Waals surface area contributed by atoms with Gasteiger partial charge < -0.3 is 14.4 Å².